The van der Waals surface area contributed by atoms with E-state index in [2.05, 4.69) is 0 Å². The first kappa shape index (κ1) is 15.3. The van der Waals surface area contributed by atoms with Crippen molar-refractivity contribution in [3.8, 4) is 0 Å². The monoisotopic (exact) mass is 291 g/mol. The zero-order chi connectivity index (χ0) is 15.2. The van der Waals surface area contributed by atoms with E-state index in [0.717, 1.165) is 5.56 Å². The minimum Gasteiger partial charge on any atom is -0.445 e. The molecule has 1 saturated heterocycles. The average molecular weight is 291 g/mol. The Morgan fingerprint density at radius 3 is 2.62 bits per heavy atom. The average Bonchev–Trinajstić information content (AvgIpc) is 2.52. The Labute approximate surface area is 124 Å². The van der Waals surface area contributed by atoms with Gasteiger partial charge in [0, 0.05) is 25.7 Å². The van der Waals surface area contributed by atoms with Gasteiger partial charge in [0.15, 0.2) is 0 Å². The highest BCUT2D eigenvalue weighted by Crippen LogP contribution is 2.12. The lowest BCUT2D eigenvalue weighted by atomic mass is 10.2. The molecular weight excluding hydrogens is 270 g/mol. The van der Waals surface area contributed by atoms with E-state index in [1.165, 1.54) is 0 Å². The van der Waals surface area contributed by atoms with E-state index < -0.39 is 0 Å². The molecule has 0 radical (unpaired) electrons. The topological polar surface area (TPSA) is 75.9 Å². The van der Waals surface area contributed by atoms with Crippen LogP contribution in [-0.2, 0) is 16.1 Å². The van der Waals surface area contributed by atoms with Crippen LogP contribution in [-0.4, -0.2) is 54.0 Å². The number of nitrogens with zero attached hydrogens (tertiary/aromatic N) is 2. The summed E-state index contributed by atoms with van der Waals surface area (Å²) in [5.41, 5.74) is 6.31. The van der Waals surface area contributed by atoms with Crippen molar-refractivity contribution in [1.82, 2.24) is 9.80 Å². The van der Waals surface area contributed by atoms with Crippen LogP contribution in [0, 0.1) is 0 Å². The Bertz CT molecular complexity index is 492. The van der Waals surface area contributed by atoms with Crippen LogP contribution >= 0.6 is 0 Å². The van der Waals surface area contributed by atoms with Crippen LogP contribution in [0.3, 0.4) is 0 Å². The van der Waals surface area contributed by atoms with Gasteiger partial charge in [-0.3, -0.25) is 4.79 Å². The fourth-order valence-corrected chi connectivity index (χ4v) is 2.39. The molecule has 6 nitrogen and oxygen atoms in total. The quantitative estimate of drug-likeness (QED) is 0.894. The minimum atomic E-state index is -0.341. The summed E-state index contributed by atoms with van der Waals surface area (Å²) in [6, 6.07) is 9.48. The summed E-state index contributed by atoms with van der Waals surface area (Å²) in [7, 11) is 0. The maximum atomic E-state index is 12.1. The van der Waals surface area contributed by atoms with Crippen LogP contribution in [0.15, 0.2) is 30.3 Å². The molecule has 1 aromatic rings. The summed E-state index contributed by atoms with van der Waals surface area (Å²) >= 11 is 0. The molecule has 1 fully saturated rings. The third kappa shape index (κ3) is 3.95. The zero-order valence-electron chi connectivity index (χ0n) is 12.2. The summed E-state index contributed by atoms with van der Waals surface area (Å²) < 4.78 is 5.32. The summed E-state index contributed by atoms with van der Waals surface area (Å²) in [6.07, 6.45) is -0.341. The molecule has 2 amide bonds. The van der Waals surface area contributed by atoms with E-state index in [1.54, 1.807) is 9.80 Å². The Morgan fingerprint density at radius 2 is 2.00 bits per heavy atom. The number of ether oxygens (including phenoxy) is 1. The third-order valence-corrected chi connectivity index (χ3v) is 3.59. The molecule has 0 saturated carbocycles. The molecule has 114 valence electrons. The van der Waals surface area contributed by atoms with Gasteiger partial charge in [0.2, 0.25) is 5.91 Å². The molecule has 1 aliphatic rings. The summed E-state index contributed by atoms with van der Waals surface area (Å²) in [5, 5.41) is 0. The van der Waals surface area contributed by atoms with Gasteiger partial charge >= 0.3 is 6.09 Å². The largest absolute Gasteiger partial charge is 0.445 e. The van der Waals surface area contributed by atoms with Gasteiger partial charge in [0.25, 0.3) is 0 Å². The van der Waals surface area contributed by atoms with E-state index >= 15 is 0 Å². The van der Waals surface area contributed by atoms with Gasteiger partial charge in [0.1, 0.15) is 6.61 Å². The summed E-state index contributed by atoms with van der Waals surface area (Å²) in [5.74, 6) is -0.0841. The van der Waals surface area contributed by atoms with Crippen molar-refractivity contribution >= 4 is 12.0 Å². The van der Waals surface area contributed by atoms with Gasteiger partial charge in [-0.15, -0.1) is 0 Å². The van der Waals surface area contributed by atoms with Gasteiger partial charge in [-0.1, -0.05) is 30.3 Å². The van der Waals surface area contributed by atoms with Crippen molar-refractivity contribution in [2.75, 3.05) is 26.2 Å². The van der Waals surface area contributed by atoms with E-state index in [-0.39, 0.29) is 31.2 Å². The van der Waals surface area contributed by atoms with Crippen molar-refractivity contribution in [2.24, 2.45) is 5.73 Å². The maximum Gasteiger partial charge on any atom is 0.410 e. The lowest BCUT2D eigenvalue weighted by molar-refractivity contribution is -0.132. The second-order valence-electron chi connectivity index (χ2n) is 5.13. The Hall–Kier alpha value is -2.08. The fraction of sp³-hybridized carbons (Fsp3) is 0.467. The number of carbonyl (C=O) groups is 2. The van der Waals surface area contributed by atoms with Crippen molar-refractivity contribution in [1.29, 1.82) is 0 Å². The summed E-state index contributed by atoms with van der Waals surface area (Å²) in [6.45, 7) is 3.64. The number of benzene rings is 1. The molecule has 21 heavy (non-hydrogen) atoms. The number of piperazine rings is 1. The smallest absolute Gasteiger partial charge is 0.410 e. The van der Waals surface area contributed by atoms with Crippen molar-refractivity contribution in [2.45, 2.75) is 19.6 Å². The lowest BCUT2D eigenvalue weighted by Crippen LogP contribution is -2.56. The molecule has 1 aliphatic heterocycles. The molecule has 0 aliphatic carbocycles. The first-order chi connectivity index (χ1) is 10.1. The van der Waals surface area contributed by atoms with Crippen LogP contribution in [0.1, 0.15) is 12.5 Å². The number of hydrogen-bond donors (Lipinski definition) is 1. The molecule has 0 spiro atoms. The highest BCUT2D eigenvalue weighted by atomic mass is 16.6. The predicted molar refractivity (Wildman–Crippen MR) is 78.4 cm³/mol. The summed E-state index contributed by atoms with van der Waals surface area (Å²) in [4.78, 5) is 27.0. The van der Waals surface area contributed by atoms with Crippen LogP contribution in [0.25, 0.3) is 0 Å². The van der Waals surface area contributed by atoms with Gasteiger partial charge in [0.05, 0.1) is 6.54 Å². The number of hydrogen-bond acceptors (Lipinski definition) is 4. The van der Waals surface area contributed by atoms with Crippen LogP contribution in [0.5, 0.6) is 0 Å². The Kier molecular flexibility index (Phi) is 5.16. The van der Waals surface area contributed by atoms with Gasteiger partial charge < -0.3 is 20.3 Å². The van der Waals surface area contributed by atoms with Crippen molar-refractivity contribution in [3.63, 3.8) is 0 Å². The predicted octanol–water partition coefficient (Wildman–Crippen LogP) is 0.815. The molecule has 1 atom stereocenters. The highest BCUT2D eigenvalue weighted by Gasteiger charge is 2.30. The standard InChI is InChI=1S/C15H21N3O3/c1-12-10-17(14(19)9-16)7-8-18(12)15(20)21-11-13-5-3-2-4-6-13/h2-6,12H,7-11,16H2,1H3/t12-/m0/s1. The van der Waals surface area contributed by atoms with Gasteiger partial charge in [-0.05, 0) is 12.5 Å². The normalized spacial score (nSPS) is 18.5. The van der Waals surface area contributed by atoms with Crippen LogP contribution in [0.2, 0.25) is 0 Å². The van der Waals surface area contributed by atoms with Gasteiger partial charge in [-0.25, -0.2) is 4.79 Å². The zero-order valence-corrected chi connectivity index (χ0v) is 12.2. The van der Waals surface area contributed by atoms with Crippen molar-refractivity contribution in [3.05, 3.63) is 35.9 Å². The second kappa shape index (κ2) is 7.08. The van der Waals surface area contributed by atoms with E-state index in [4.69, 9.17) is 10.5 Å². The molecule has 0 aromatic heterocycles. The molecule has 1 aromatic carbocycles. The molecule has 2 N–H and O–H groups in total. The highest BCUT2D eigenvalue weighted by molar-refractivity contribution is 5.78. The molecular formula is C15H21N3O3. The Balaban J connectivity index is 1.85. The lowest BCUT2D eigenvalue weighted by Gasteiger charge is -2.39. The number of amides is 2. The van der Waals surface area contributed by atoms with Crippen molar-refractivity contribution < 1.29 is 14.3 Å². The second-order valence-corrected chi connectivity index (χ2v) is 5.13. The van der Waals surface area contributed by atoms with Crippen LogP contribution < -0.4 is 5.73 Å². The van der Waals surface area contributed by atoms with E-state index in [9.17, 15) is 9.59 Å². The maximum absolute atomic E-state index is 12.1. The SMILES string of the molecule is C[C@H]1CN(C(=O)CN)CCN1C(=O)OCc1ccccc1. The number of rotatable bonds is 3. The molecule has 1 heterocycles. The molecule has 0 bridgehead atoms. The number of carbonyl (C=O) groups excluding carboxylic acids is 2. The molecule has 0 unspecified atom stereocenters. The first-order valence-corrected chi connectivity index (χ1v) is 7.07. The fourth-order valence-electron chi connectivity index (χ4n) is 2.39. The number of nitrogens with two attached hydrogens (primary N) is 1. The minimum absolute atomic E-state index is 0.00513. The molecule has 6 heteroatoms. The van der Waals surface area contributed by atoms with E-state index in [0.29, 0.717) is 19.6 Å². The van der Waals surface area contributed by atoms with Gasteiger partial charge in [-0.2, -0.15) is 0 Å². The third-order valence-electron chi connectivity index (χ3n) is 3.59. The van der Waals surface area contributed by atoms with E-state index in [1.807, 2.05) is 37.3 Å². The molecule has 2 rings (SSSR count). The first-order valence-electron chi connectivity index (χ1n) is 7.07. The van der Waals surface area contributed by atoms with Crippen LogP contribution in [0.4, 0.5) is 4.79 Å². The Morgan fingerprint density at radius 1 is 1.29 bits per heavy atom.